The largest absolute Gasteiger partial charge is 0.467 e. The van der Waals surface area contributed by atoms with Crippen LogP contribution in [-0.4, -0.2) is 36.5 Å². The first kappa shape index (κ1) is 20.7. The van der Waals surface area contributed by atoms with Gasteiger partial charge in [0.15, 0.2) is 0 Å². The van der Waals surface area contributed by atoms with E-state index >= 15 is 0 Å². The molecule has 0 radical (unpaired) electrons. The quantitative estimate of drug-likeness (QED) is 0.604. The molecule has 1 rings (SSSR count). The zero-order valence-electron chi connectivity index (χ0n) is 15.7. The molecule has 25 heavy (non-hydrogen) atoms. The number of nitrogens with zero attached hydrogens (tertiary/aromatic N) is 1. The summed E-state index contributed by atoms with van der Waals surface area (Å²) in [5.41, 5.74) is -0.780. The van der Waals surface area contributed by atoms with Gasteiger partial charge in [-0.3, -0.25) is 4.99 Å². The van der Waals surface area contributed by atoms with Gasteiger partial charge >= 0.3 is 12.1 Å². The van der Waals surface area contributed by atoms with Crippen molar-refractivity contribution in [3.8, 4) is 0 Å². The van der Waals surface area contributed by atoms with Gasteiger partial charge in [-0.15, -0.1) is 0 Å². The van der Waals surface area contributed by atoms with E-state index in [1.807, 2.05) is 30.3 Å². The van der Waals surface area contributed by atoms with E-state index in [2.05, 4.69) is 10.3 Å². The smallest absolute Gasteiger partial charge is 0.408 e. The minimum atomic E-state index is -1.20. The first-order valence-electron chi connectivity index (χ1n) is 8.34. The number of alkyl carbamates (subject to hydrolysis) is 1. The first-order valence-corrected chi connectivity index (χ1v) is 8.34. The van der Waals surface area contributed by atoms with Crippen LogP contribution >= 0.6 is 0 Å². The van der Waals surface area contributed by atoms with Crippen molar-refractivity contribution in [3.05, 3.63) is 35.9 Å². The van der Waals surface area contributed by atoms with E-state index in [1.54, 1.807) is 33.9 Å². The monoisotopic (exact) mass is 348 g/mol. The molecule has 0 spiro atoms. The van der Waals surface area contributed by atoms with Gasteiger partial charge in [0.1, 0.15) is 11.1 Å². The maximum Gasteiger partial charge on any atom is 0.408 e. The molecule has 1 unspecified atom stereocenters. The van der Waals surface area contributed by atoms with Crippen LogP contribution in [0.5, 0.6) is 0 Å². The molecular formula is C19H28N2O4. The van der Waals surface area contributed by atoms with Crippen LogP contribution in [0.15, 0.2) is 35.3 Å². The molecule has 138 valence electrons. The lowest BCUT2D eigenvalue weighted by atomic mass is 9.92. The second-order valence-corrected chi connectivity index (χ2v) is 6.77. The summed E-state index contributed by atoms with van der Waals surface area (Å²) in [5, 5.41) is 2.66. The van der Waals surface area contributed by atoms with Crippen LogP contribution in [0.2, 0.25) is 0 Å². The number of amides is 1. The molecule has 0 aliphatic heterocycles. The molecule has 1 amide bonds. The second-order valence-electron chi connectivity index (χ2n) is 6.77. The van der Waals surface area contributed by atoms with E-state index < -0.39 is 23.2 Å². The summed E-state index contributed by atoms with van der Waals surface area (Å²) in [6, 6.07) is 9.78. The molecule has 0 fully saturated rings. The molecule has 6 heteroatoms. The van der Waals surface area contributed by atoms with Gasteiger partial charge in [-0.05, 0) is 32.8 Å². The third-order valence-corrected chi connectivity index (χ3v) is 3.61. The van der Waals surface area contributed by atoms with Crippen molar-refractivity contribution >= 4 is 18.3 Å². The van der Waals surface area contributed by atoms with Crippen molar-refractivity contribution in [1.29, 1.82) is 0 Å². The number of methoxy groups -OCH3 is 1. The highest BCUT2D eigenvalue weighted by molar-refractivity contribution is 5.88. The van der Waals surface area contributed by atoms with Gasteiger partial charge < -0.3 is 14.8 Å². The number of benzene rings is 1. The van der Waals surface area contributed by atoms with E-state index in [9.17, 15) is 9.59 Å². The van der Waals surface area contributed by atoms with Gasteiger partial charge in [-0.2, -0.15) is 0 Å². The summed E-state index contributed by atoms with van der Waals surface area (Å²) in [4.78, 5) is 28.7. The van der Waals surface area contributed by atoms with Crippen LogP contribution in [0.1, 0.15) is 46.1 Å². The highest BCUT2D eigenvalue weighted by Crippen LogP contribution is 2.18. The lowest BCUT2D eigenvalue weighted by Crippen LogP contribution is -2.56. The van der Waals surface area contributed by atoms with Gasteiger partial charge in [0, 0.05) is 12.6 Å². The van der Waals surface area contributed by atoms with E-state index in [-0.39, 0.29) is 6.42 Å². The molecule has 1 aromatic rings. The molecule has 0 heterocycles. The Morgan fingerprint density at radius 3 is 2.36 bits per heavy atom. The summed E-state index contributed by atoms with van der Waals surface area (Å²) >= 11 is 0. The molecule has 0 bridgehead atoms. The van der Waals surface area contributed by atoms with Crippen molar-refractivity contribution in [1.82, 2.24) is 5.32 Å². The van der Waals surface area contributed by atoms with Gasteiger partial charge in [-0.25, -0.2) is 9.59 Å². The van der Waals surface area contributed by atoms with E-state index in [0.29, 0.717) is 13.0 Å². The first-order chi connectivity index (χ1) is 11.7. The second kappa shape index (κ2) is 9.20. The number of esters is 1. The number of carbonyl (C=O) groups excluding carboxylic acids is 2. The third-order valence-electron chi connectivity index (χ3n) is 3.61. The fourth-order valence-electron chi connectivity index (χ4n) is 2.23. The average Bonchev–Trinajstić information content (AvgIpc) is 2.56. The molecule has 0 saturated carbocycles. The fourth-order valence-corrected chi connectivity index (χ4v) is 2.23. The maximum absolute atomic E-state index is 12.3. The van der Waals surface area contributed by atoms with Crippen molar-refractivity contribution < 1.29 is 19.1 Å². The van der Waals surface area contributed by atoms with E-state index in [4.69, 9.17) is 9.47 Å². The van der Waals surface area contributed by atoms with Gasteiger partial charge in [0.05, 0.1) is 13.7 Å². The van der Waals surface area contributed by atoms with Crippen LogP contribution in [0.4, 0.5) is 4.79 Å². The summed E-state index contributed by atoms with van der Waals surface area (Å²) in [6.45, 7) is 7.60. The lowest BCUT2D eigenvalue weighted by molar-refractivity contribution is -0.148. The molecule has 1 N–H and O–H groups in total. The van der Waals surface area contributed by atoms with Crippen molar-refractivity contribution in [2.45, 2.75) is 58.2 Å². The van der Waals surface area contributed by atoms with Crippen LogP contribution in [0.3, 0.4) is 0 Å². The third kappa shape index (κ3) is 6.95. The number of hydrogen-bond acceptors (Lipinski definition) is 5. The maximum atomic E-state index is 12.3. The molecular weight excluding hydrogens is 320 g/mol. The lowest BCUT2D eigenvalue weighted by Gasteiger charge is -2.31. The van der Waals surface area contributed by atoms with Crippen molar-refractivity contribution in [2.75, 3.05) is 7.11 Å². The highest BCUT2D eigenvalue weighted by atomic mass is 16.6. The predicted octanol–water partition coefficient (Wildman–Crippen LogP) is 3.49. The van der Waals surface area contributed by atoms with Crippen LogP contribution in [0, 0.1) is 0 Å². The number of ether oxygens (including phenoxy) is 2. The molecule has 0 saturated heterocycles. The van der Waals surface area contributed by atoms with Gasteiger partial charge in [0.25, 0.3) is 0 Å². The molecule has 1 atom stereocenters. The number of carbonyl (C=O) groups is 2. The van der Waals surface area contributed by atoms with Crippen molar-refractivity contribution in [3.63, 3.8) is 0 Å². The zero-order valence-corrected chi connectivity index (χ0v) is 15.7. The van der Waals surface area contributed by atoms with Gasteiger partial charge in [0.2, 0.25) is 0 Å². The minimum Gasteiger partial charge on any atom is -0.467 e. The van der Waals surface area contributed by atoms with Crippen LogP contribution < -0.4 is 5.32 Å². The number of rotatable bonds is 7. The van der Waals surface area contributed by atoms with Gasteiger partial charge in [-0.1, -0.05) is 37.3 Å². The predicted molar refractivity (Wildman–Crippen MR) is 97.7 cm³/mol. The minimum absolute atomic E-state index is 0.224. The summed E-state index contributed by atoms with van der Waals surface area (Å²) in [5.74, 6) is -0.521. The van der Waals surface area contributed by atoms with E-state index in [1.165, 1.54) is 7.11 Å². The normalized spacial score (nSPS) is 14.0. The average molecular weight is 348 g/mol. The molecule has 0 aliphatic rings. The summed E-state index contributed by atoms with van der Waals surface area (Å²) < 4.78 is 10.1. The summed E-state index contributed by atoms with van der Waals surface area (Å²) in [7, 11) is 1.30. The van der Waals surface area contributed by atoms with Crippen LogP contribution in [-0.2, 0) is 20.8 Å². The Bertz CT molecular complexity index is 593. The summed E-state index contributed by atoms with van der Waals surface area (Å²) in [6.07, 6.45) is 1.57. The Hall–Kier alpha value is -2.37. The standard InChI is InChI=1S/C19H28N2O4/c1-6-19(16(22)24-5,21-17(23)25-18(2,3)4)12-13-20-14-15-10-8-7-9-11-15/h7-11,13H,6,12,14H2,1-5H3,(H,21,23). The van der Waals surface area contributed by atoms with E-state index in [0.717, 1.165) is 5.56 Å². The number of hydrogen-bond donors (Lipinski definition) is 1. The Labute approximate surface area is 149 Å². The molecule has 1 aromatic carbocycles. The van der Waals surface area contributed by atoms with Crippen LogP contribution in [0.25, 0.3) is 0 Å². The topological polar surface area (TPSA) is 77.0 Å². The zero-order chi connectivity index (χ0) is 18.9. The SMILES string of the molecule is CCC(CC=NCc1ccccc1)(NC(=O)OC(C)(C)C)C(=O)OC. The Morgan fingerprint density at radius 2 is 1.84 bits per heavy atom. The Morgan fingerprint density at radius 1 is 1.20 bits per heavy atom. The Balaban J connectivity index is 2.81. The molecule has 6 nitrogen and oxygen atoms in total. The Kier molecular flexibility index (Phi) is 7.61. The van der Waals surface area contributed by atoms with Crippen molar-refractivity contribution in [2.24, 2.45) is 4.99 Å². The fraction of sp³-hybridized carbons (Fsp3) is 0.526. The molecule has 0 aliphatic carbocycles. The number of nitrogens with one attached hydrogen (secondary N) is 1. The number of aliphatic imine (C=N–C) groups is 1. The highest BCUT2D eigenvalue weighted by Gasteiger charge is 2.40. The molecule has 0 aromatic heterocycles.